The fourth-order valence-electron chi connectivity index (χ4n) is 2.01. The molecule has 0 aliphatic carbocycles. The quantitative estimate of drug-likeness (QED) is 0.889. The Morgan fingerprint density at radius 3 is 2.19 bits per heavy atom. The predicted molar refractivity (Wildman–Crippen MR) is 75.0 cm³/mol. The number of carboxylic acids is 1. The molecule has 0 saturated carbocycles. The summed E-state index contributed by atoms with van der Waals surface area (Å²) in [5.74, 6) is -1.58. The van der Waals surface area contributed by atoms with Crippen molar-refractivity contribution in [1.29, 1.82) is 0 Å². The van der Waals surface area contributed by atoms with Gasteiger partial charge in [-0.3, -0.25) is 0 Å². The van der Waals surface area contributed by atoms with Crippen molar-refractivity contribution in [3.8, 4) is 11.1 Å². The van der Waals surface area contributed by atoms with Crippen LogP contribution in [0, 0.1) is 0 Å². The Morgan fingerprint density at radius 1 is 1.10 bits per heavy atom. The van der Waals surface area contributed by atoms with Crippen molar-refractivity contribution in [2.24, 2.45) is 0 Å². The Labute approximate surface area is 122 Å². The van der Waals surface area contributed by atoms with Gasteiger partial charge in [0.2, 0.25) is 0 Å². The van der Waals surface area contributed by atoms with E-state index in [2.05, 4.69) is 0 Å². The highest BCUT2D eigenvalue weighted by Gasteiger charge is 2.14. The third kappa shape index (κ3) is 3.29. The fraction of sp³-hybridized carbons (Fsp3) is 0.133. The van der Waals surface area contributed by atoms with E-state index in [-0.39, 0.29) is 10.5 Å². The smallest absolute Gasteiger partial charge is 0.176 e. The highest BCUT2D eigenvalue weighted by molar-refractivity contribution is 7.90. The molecular formula is C15H13O5S-. The van der Waals surface area contributed by atoms with Gasteiger partial charge in [0, 0.05) is 11.8 Å². The molecule has 0 fully saturated rings. The third-order valence-electron chi connectivity index (χ3n) is 3.05. The molecule has 0 aromatic heterocycles. The van der Waals surface area contributed by atoms with Gasteiger partial charge < -0.3 is 15.0 Å². The molecule has 0 aliphatic heterocycles. The van der Waals surface area contributed by atoms with Crippen molar-refractivity contribution in [1.82, 2.24) is 0 Å². The van der Waals surface area contributed by atoms with Gasteiger partial charge in [0.1, 0.15) is 6.10 Å². The van der Waals surface area contributed by atoms with Gasteiger partial charge in [0.25, 0.3) is 0 Å². The second-order valence-electron chi connectivity index (χ2n) is 4.61. The first kappa shape index (κ1) is 15.2. The minimum Gasteiger partial charge on any atom is -0.547 e. The van der Waals surface area contributed by atoms with Crippen LogP contribution in [0.4, 0.5) is 0 Å². The number of benzene rings is 2. The number of aliphatic hydroxyl groups is 1. The topological polar surface area (TPSA) is 94.5 Å². The fourth-order valence-corrected chi connectivity index (χ4v) is 2.92. The van der Waals surface area contributed by atoms with Crippen LogP contribution in [0.5, 0.6) is 0 Å². The lowest BCUT2D eigenvalue weighted by Crippen LogP contribution is -2.29. The van der Waals surface area contributed by atoms with Crippen LogP contribution in [0.2, 0.25) is 0 Å². The summed E-state index contributed by atoms with van der Waals surface area (Å²) in [6.07, 6.45) is -0.579. The molecule has 0 heterocycles. The number of hydrogen-bond donors (Lipinski definition) is 1. The molecule has 5 nitrogen and oxygen atoms in total. The van der Waals surface area contributed by atoms with Crippen LogP contribution in [0.1, 0.15) is 11.7 Å². The minimum atomic E-state index is -3.38. The van der Waals surface area contributed by atoms with Crippen molar-refractivity contribution in [3.05, 3.63) is 54.1 Å². The summed E-state index contributed by atoms with van der Waals surface area (Å²) < 4.78 is 23.5. The molecule has 6 heteroatoms. The molecule has 1 N–H and O–H groups in total. The largest absolute Gasteiger partial charge is 0.547 e. The highest BCUT2D eigenvalue weighted by Crippen LogP contribution is 2.28. The van der Waals surface area contributed by atoms with Crippen LogP contribution in [-0.4, -0.2) is 25.7 Å². The van der Waals surface area contributed by atoms with Gasteiger partial charge in [-0.15, -0.1) is 0 Å². The first-order chi connectivity index (χ1) is 9.80. The van der Waals surface area contributed by atoms with Gasteiger partial charge >= 0.3 is 0 Å². The number of aliphatic hydroxyl groups excluding tert-OH is 1. The van der Waals surface area contributed by atoms with Crippen molar-refractivity contribution in [2.75, 3.05) is 6.26 Å². The molecule has 110 valence electrons. The van der Waals surface area contributed by atoms with Gasteiger partial charge in [-0.25, -0.2) is 8.42 Å². The summed E-state index contributed by atoms with van der Waals surface area (Å²) in [6.45, 7) is 0. The lowest BCUT2D eigenvalue weighted by atomic mass is 10.0. The Kier molecular flexibility index (Phi) is 4.11. The van der Waals surface area contributed by atoms with Crippen LogP contribution < -0.4 is 5.11 Å². The molecule has 1 unspecified atom stereocenters. The van der Waals surface area contributed by atoms with E-state index in [0.29, 0.717) is 11.1 Å². The first-order valence-electron chi connectivity index (χ1n) is 6.09. The van der Waals surface area contributed by atoms with Gasteiger partial charge in [-0.05, 0) is 17.2 Å². The van der Waals surface area contributed by atoms with E-state index >= 15 is 0 Å². The summed E-state index contributed by atoms with van der Waals surface area (Å²) in [7, 11) is -3.38. The average molecular weight is 305 g/mol. The van der Waals surface area contributed by atoms with E-state index < -0.39 is 21.9 Å². The molecule has 0 bridgehead atoms. The van der Waals surface area contributed by atoms with Crippen LogP contribution in [0.15, 0.2) is 53.4 Å². The van der Waals surface area contributed by atoms with Crippen LogP contribution in [0.3, 0.4) is 0 Å². The molecule has 2 aromatic rings. The van der Waals surface area contributed by atoms with Gasteiger partial charge in [-0.2, -0.15) is 0 Å². The SMILES string of the molecule is CS(=O)(=O)c1ccccc1-c1ccc(C(O)C(=O)[O-])cc1. The maximum Gasteiger partial charge on any atom is 0.176 e. The zero-order valence-electron chi connectivity index (χ0n) is 11.2. The van der Waals surface area contributed by atoms with E-state index in [9.17, 15) is 23.4 Å². The summed E-state index contributed by atoms with van der Waals surface area (Å²) in [4.78, 5) is 10.8. The van der Waals surface area contributed by atoms with Gasteiger partial charge in [0.05, 0.1) is 10.9 Å². The summed E-state index contributed by atoms with van der Waals surface area (Å²) in [6, 6.07) is 12.5. The molecule has 0 spiro atoms. The Balaban J connectivity index is 2.48. The van der Waals surface area contributed by atoms with Crippen LogP contribution in [0.25, 0.3) is 11.1 Å². The molecule has 2 aromatic carbocycles. The number of carbonyl (C=O) groups is 1. The van der Waals surface area contributed by atoms with Crippen molar-refractivity contribution < 1.29 is 23.4 Å². The minimum absolute atomic E-state index is 0.176. The summed E-state index contributed by atoms with van der Waals surface area (Å²) in [5.41, 5.74) is 1.32. The van der Waals surface area contributed by atoms with Crippen molar-refractivity contribution in [2.45, 2.75) is 11.0 Å². The summed E-state index contributed by atoms with van der Waals surface area (Å²) >= 11 is 0. The first-order valence-corrected chi connectivity index (χ1v) is 7.98. The molecule has 1 atom stereocenters. The Hall–Kier alpha value is -2.18. The number of aliphatic carboxylic acids is 1. The zero-order chi connectivity index (χ0) is 15.6. The van der Waals surface area contributed by atoms with E-state index in [1.165, 1.54) is 18.2 Å². The maximum atomic E-state index is 11.8. The summed E-state index contributed by atoms with van der Waals surface area (Å²) in [5, 5.41) is 20.0. The number of carbonyl (C=O) groups excluding carboxylic acids is 1. The van der Waals surface area contributed by atoms with Crippen LogP contribution in [-0.2, 0) is 14.6 Å². The molecule has 0 saturated heterocycles. The molecule has 0 radical (unpaired) electrons. The predicted octanol–water partition coefficient (Wildman–Crippen LogP) is 0.540. The second-order valence-corrected chi connectivity index (χ2v) is 6.60. The Bertz CT molecular complexity index is 763. The number of hydrogen-bond acceptors (Lipinski definition) is 5. The number of sulfone groups is 1. The zero-order valence-corrected chi connectivity index (χ0v) is 12.0. The number of carboxylic acid groups (broad SMARTS) is 1. The Morgan fingerprint density at radius 2 is 1.67 bits per heavy atom. The monoisotopic (exact) mass is 305 g/mol. The van der Waals surface area contributed by atoms with Crippen LogP contribution >= 0.6 is 0 Å². The number of rotatable bonds is 4. The van der Waals surface area contributed by atoms with E-state index in [1.807, 2.05) is 0 Å². The normalized spacial score (nSPS) is 12.9. The van der Waals surface area contributed by atoms with E-state index in [4.69, 9.17) is 0 Å². The second kappa shape index (κ2) is 5.67. The molecule has 21 heavy (non-hydrogen) atoms. The van der Waals surface area contributed by atoms with E-state index in [0.717, 1.165) is 6.26 Å². The lowest BCUT2D eigenvalue weighted by molar-refractivity contribution is -0.315. The highest BCUT2D eigenvalue weighted by atomic mass is 32.2. The lowest BCUT2D eigenvalue weighted by Gasteiger charge is -2.13. The van der Waals surface area contributed by atoms with Gasteiger partial charge in [0.15, 0.2) is 9.84 Å². The molecule has 0 amide bonds. The molecule has 2 rings (SSSR count). The molecule has 0 aliphatic rings. The molecular weight excluding hydrogens is 292 g/mol. The third-order valence-corrected chi connectivity index (χ3v) is 4.20. The maximum absolute atomic E-state index is 11.8. The van der Waals surface area contributed by atoms with Gasteiger partial charge in [-0.1, -0.05) is 42.5 Å². The average Bonchev–Trinajstić information content (AvgIpc) is 2.45. The van der Waals surface area contributed by atoms with Crippen molar-refractivity contribution >= 4 is 15.8 Å². The van der Waals surface area contributed by atoms with E-state index in [1.54, 1.807) is 30.3 Å². The standard InChI is InChI=1S/C15H14O5S/c1-21(19,20)13-5-3-2-4-12(13)10-6-8-11(9-7-10)14(16)15(17)18/h2-9,14,16H,1H3,(H,17,18)/p-1. The van der Waals surface area contributed by atoms with Crippen molar-refractivity contribution in [3.63, 3.8) is 0 Å².